The van der Waals surface area contributed by atoms with E-state index in [4.69, 9.17) is 21.3 Å². The Balaban J connectivity index is 1.99. The van der Waals surface area contributed by atoms with E-state index in [-0.39, 0.29) is 0 Å². The second kappa shape index (κ2) is 7.97. The van der Waals surface area contributed by atoms with Gasteiger partial charge < -0.3 is 15.0 Å². The first-order chi connectivity index (χ1) is 10.1. The quantitative estimate of drug-likeness (QED) is 0.876. The summed E-state index contributed by atoms with van der Waals surface area (Å²) in [4.78, 5) is 7.09. The van der Waals surface area contributed by atoms with Crippen LogP contribution in [-0.2, 0) is 11.3 Å². The minimum Gasteiger partial charge on any atom is -0.384 e. The summed E-state index contributed by atoms with van der Waals surface area (Å²) in [6, 6.07) is 4.41. The fourth-order valence-corrected chi connectivity index (χ4v) is 2.81. The van der Waals surface area contributed by atoms with Gasteiger partial charge in [0.15, 0.2) is 0 Å². The van der Waals surface area contributed by atoms with Crippen LogP contribution in [0, 0.1) is 5.92 Å². The molecule has 0 aliphatic carbocycles. The SMILES string of the molecule is COCC1CCN(c2ccc(Cl)c(CNC(C)C)n2)CC1. The second-order valence-corrected chi connectivity index (χ2v) is 6.43. The Morgan fingerprint density at radius 1 is 1.38 bits per heavy atom. The van der Waals surface area contributed by atoms with Gasteiger partial charge in [-0.3, -0.25) is 0 Å². The summed E-state index contributed by atoms with van der Waals surface area (Å²) in [6.45, 7) is 7.91. The van der Waals surface area contributed by atoms with Gasteiger partial charge in [0.2, 0.25) is 0 Å². The predicted octanol–water partition coefficient (Wildman–Crippen LogP) is 3.10. The number of halogens is 1. The average Bonchev–Trinajstić information content (AvgIpc) is 2.47. The van der Waals surface area contributed by atoms with E-state index in [2.05, 4.69) is 24.1 Å². The number of nitrogens with one attached hydrogen (secondary N) is 1. The maximum absolute atomic E-state index is 6.25. The molecule has 0 unspecified atom stereocenters. The highest BCUT2D eigenvalue weighted by atomic mass is 35.5. The summed E-state index contributed by atoms with van der Waals surface area (Å²) in [5.41, 5.74) is 0.932. The van der Waals surface area contributed by atoms with E-state index >= 15 is 0 Å². The third-order valence-corrected chi connectivity index (χ3v) is 4.27. The molecule has 1 aromatic rings. The maximum Gasteiger partial charge on any atom is 0.128 e. The van der Waals surface area contributed by atoms with Crippen LogP contribution in [0.2, 0.25) is 5.02 Å². The molecule has 0 amide bonds. The number of aromatic nitrogens is 1. The van der Waals surface area contributed by atoms with Crippen LogP contribution in [-0.4, -0.2) is 37.8 Å². The van der Waals surface area contributed by atoms with Crippen molar-refractivity contribution >= 4 is 17.4 Å². The summed E-state index contributed by atoms with van der Waals surface area (Å²) in [5, 5.41) is 4.11. The van der Waals surface area contributed by atoms with Crippen LogP contribution in [0.5, 0.6) is 0 Å². The van der Waals surface area contributed by atoms with Gasteiger partial charge in [0.25, 0.3) is 0 Å². The fraction of sp³-hybridized carbons (Fsp3) is 0.688. The highest BCUT2D eigenvalue weighted by Crippen LogP contribution is 2.24. The molecule has 5 heteroatoms. The van der Waals surface area contributed by atoms with Gasteiger partial charge >= 0.3 is 0 Å². The molecule has 0 saturated carbocycles. The Morgan fingerprint density at radius 2 is 2.10 bits per heavy atom. The van der Waals surface area contributed by atoms with E-state index < -0.39 is 0 Å². The van der Waals surface area contributed by atoms with Crippen molar-refractivity contribution < 1.29 is 4.74 Å². The number of methoxy groups -OCH3 is 1. The van der Waals surface area contributed by atoms with Gasteiger partial charge in [0.05, 0.1) is 10.7 Å². The number of anilines is 1. The molecule has 1 aliphatic heterocycles. The molecule has 1 aromatic heterocycles. The lowest BCUT2D eigenvalue weighted by Gasteiger charge is -2.32. The zero-order valence-corrected chi connectivity index (χ0v) is 14.0. The van der Waals surface area contributed by atoms with Gasteiger partial charge in [-0.15, -0.1) is 0 Å². The lowest BCUT2D eigenvalue weighted by Crippen LogP contribution is -2.35. The smallest absolute Gasteiger partial charge is 0.128 e. The molecule has 2 heterocycles. The standard InChI is InChI=1S/C16H26ClN3O/c1-12(2)18-10-15-14(17)4-5-16(19-15)20-8-6-13(7-9-20)11-21-3/h4-5,12-13,18H,6-11H2,1-3H3. The first kappa shape index (κ1) is 16.5. The predicted molar refractivity (Wildman–Crippen MR) is 88.0 cm³/mol. The number of nitrogens with zero attached hydrogens (tertiary/aromatic N) is 2. The van der Waals surface area contributed by atoms with E-state index in [9.17, 15) is 0 Å². The largest absolute Gasteiger partial charge is 0.384 e. The van der Waals surface area contributed by atoms with Crippen LogP contribution in [0.4, 0.5) is 5.82 Å². The lowest BCUT2D eigenvalue weighted by molar-refractivity contribution is 0.139. The maximum atomic E-state index is 6.25. The van der Waals surface area contributed by atoms with E-state index in [0.29, 0.717) is 18.5 Å². The Bertz CT molecular complexity index is 445. The minimum absolute atomic E-state index is 0.427. The number of pyridine rings is 1. The van der Waals surface area contributed by atoms with Crippen molar-refractivity contribution in [1.82, 2.24) is 10.3 Å². The van der Waals surface area contributed by atoms with Crippen molar-refractivity contribution in [1.29, 1.82) is 0 Å². The molecule has 4 nitrogen and oxygen atoms in total. The van der Waals surface area contributed by atoms with Crippen LogP contribution in [0.15, 0.2) is 12.1 Å². The van der Waals surface area contributed by atoms with Crippen molar-refractivity contribution in [3.63, 3.8) is 0 Å². The molecule has 21 heavy (non-hydrogen) atoms. The number of hydrogen-bond acceptors (Lipinski definition) is 4. The molecule has 1 fully saturated rings. The molecule has 2 rings (SSSR count). The van der Waals surface area contributed by atoms with Gasteiger partial charge in [-0.05, 0) is 30.9 Å². The first-order valence-corrected chi connectivity index (χ1v) is 8.10. The lowest BCUT2D eigenvalue weighted by atomic mass is 9.98. The van der Waals surface area contributed by atoms with Crippen LogP contribution in [0.1, 0.15) is 32.4 Å². The topological polar surface area (TPSA) is 37.4 Å². The molecule has 0 spiro atoms. The van der Waals surface area contributed by atoms with Crippen LogP contribution in [0.3, 0.4) is 0 Å². The zero-order valence-electron chi connectivity index (χ0n) is 13.2. The number of piperidine rings is 1. The van der Waals surface area contributed by atoms with Crippen molar-refractivity contribution in [3.05, 3.63) is 22.8 Å². The zero-order chi connectivity index (χ0) is 15.2. The molecular formula is C16H26ClN3O. The third kappa shape index (κ3) is 4.83. The van der Waals surface area contributed by atoms with Crippen molar-refractivity contribution in [2.45, 2.75) is 39.3 Å². The molecule has 0 radical (unpaired) electrons. The van der Waals surface area contributed by atoms with E-state index in [1.54, 1.807) is 7.11 Å². The van der Waals surface area contributed by atoms with Gasteiger partial charge in [0.1, 0.15) is 5.82 Å². The Kier molecular flexibility index (Phi) is 6.27. The molecule has 0 aromatic carbocycles. The average molecular weight is 312 g/mol. The highest BCUT2D eigenvalue weighted by Gasteiger charge is 2.20. The third-order valence-electron chi connectivity index (χ3n) is 3.92. The molecule has 1 aliphatic rings. The van der Waals surface area contributed by atoms with E-state index in [0.717, 1.165) is 49.1 Å². The summed E-state index contributed by atoms with van der Waals surface area (Å²) in [6.07, 6.45) is 2.33. The van der Waals surface area contributed by atoms with Crippen LogP contribution >= 0.6 is 11.6 Å². The van der Waals surface area contributed by atoms with Gasteiger partial charge in [-0.2, -0.15) is 0 Å². The van der Waals surface area contributed by atoms with Crippen molar-refractivity contribution in [3.8, 4) is 0 Å². The molecular weight excluding hydrogens is 286 g/mol. The van der Waals surface area contributed by atoms with Crippen LogP contribution in [0.25, 0.3) is 0 Å². The van der Waals surface area contributed by atoms with E-state index in [1.807, 2.05) is 12.1 Å². The summed E-state index contributed by atoms with van der Waals surface area (Å²) >= 11 is 6.25. The summed E-state index contributed by atoms with van der Waals surface area (Å²) in [7, 11) is 1.78. The number of rotatable bonds is 6. The van der Waals surface area contributed by atoms with Crippen LogP contribution < -0.4 is 10.2 Å². The van der Waals surface area contributed by atoms with Gasteiger partial charge in [0, 0.05) is 39.4 Å². The normalized spacial score (nSPS) is 16.7. The van der Waals surface area contributed by atoms with Crippen molar-refractivity contribution in [2.75, 3.05) is 31.7 Å². The minimum atomic E-state index is 0.427. The Morgan fingerprint density at radius 3 is 2.71 bits per heavy atom. The second-order valence-electron chi connectivity index (χ2n) is 6.02. The van der Waals surface area contributed by atoms with Gasteiger partial charge in [-0.25, -0.2) is 4.98 Å². The summed E-state index contributed by atoms with van der Waals surface area (Å²) < 4.78 is 5.25. The number of hydrogen-bond donors (Lipinski definition) is 1. The van der Waals surface area contributed by atoms with E-state index in [1.165, 1.54) is 0 Å². The number of ether oxygens (including phenoxy) is 1. The Labute approximate surface area is 132 Å². The van der Waals surface area contributed by atoms with Gasteiger partial charge in [-0.1, -0.05) is 25.4 Å². The highest BCUT2D eigenvalue weighted by molar-refractivity contribution is 6.31. The molecule has 118 valence electrons. The first-order valence-electron chi connectivity index (χ1n) is 7.73. The fourth-order valence-electron chi connectivity index (χ4n) is 2.64. The molecule has 0 bridgehead atoms. The Hall–Kier alpha value is -0.840. The molecule has 1 saturated heterocycles. The summed E-state index contributed by atoms with van der Waals surface area (Å²) in [5.74, 6) is 1.72. The molecule has 1 N–H and O–H groups in total. The molecule has 0 atom stereocenters. The monoisotopic (exact) mass is 311 g/mol. The van der Waals surface area contributed by atoms with Crippen molar-refractivity contribution in [2.24, 2.45) is 5.92 Å².